The van der Waals surface area contributed by atoms with Crippen LogP contribution in [0.15, 0.2) is 29.2 Å². The summed E-state index contributed by atoms with van der Waals surface area (Å²) in [7, 11) is -3.64. The topological polar surface area (TPSA) is 80.5 Å². The molecule has 0 aliphatic carbocycles. The zero-order valence-electron chi connectivity index (χ0n) is 10.7. The molecular weight excluding hydrogens is 264 g/mol. The van der Waals surface area contributed by atoms with Gasteiger partial charge in [-0.1, -0.05) is 12.1 Å². The SMILES string of the molecule is NS(=O)(=O)c1ccc(CCC(=O)N2CCCC2)cc1. The summed E-state index contributed by atoms with van der Waals surface area (Å²) in [6.45, 7) is 1.73. The van der Waals surface area contributed by atoms with Gasteiger partial charge < -0.3 is 4.90 Å². The van der Waals surface area contributed by atoms with Crippen LogP contribution in [0, 0.1) is 0 Å². The third-order valence-corrected chi connectivity index (χ3v) is 4.27. The van der Waals surface area contributed by atoms with Gasteiger partial charge in [0.25, 0.3) is 0 Å². The molecule has 2 N–H and O–H groups in total. The zero-order chi connectivity index (χ0) is 13.9. The van der Waals surface area contributed by atoms with Crippen LogP contribution in [0.1, 0.15) is 24.8 Å². The number of carbonyl (C=O) groups excluding carboxylic acids is 1. The van der Waals surface area contributed by atoms with Crippen molar-refractivity contribution in [2.75, 3.05) is 13.1 Å². The Kier molecular flexibility index (Phi) is 4.21. The normalized spacial score (nSPS) is 15.7. The van der Waals surface area contributed by atoms with Gasteiger partial charge in [0.15, 0.2) is 0 Å². The molecule has 1 saturated heterocycles. The summed E-state index contributed by atoms with van der Waals surface area (Å²) >= 11 is 0. The van der Waals surface area contributed by atoms with Crippen molar-refractivity contribution < 1.29 is 13.2 Å². The second-order valence-electron chi connectivity index (χ2n) is 4.78. The van der Waals surface area contributed by atoms with Gasteiger partial charge in [-0.05, 0) is 37.0 Å². The van der Waals surface area contributed by atoms with Crippen LogP contribution in [0.5, 0.6) is 0 Å². The Hall–Kier alpha value is -1.40. The molecule has 0 saturated carbocycles. The minimum atomic E-state index is -3.64. The van der Waals surface area contributed by atoms with Crippen molar-refractivity contribution in [3.8, 4) is 0 Å². The minimum Gasteiger partial charge on any atom is -0.343 e. The Bertz CT molecular complexity index is 546. The minimum absolute atomic E-state index is 0.0992. The molecule has 104 valence electrons. The number of likely N-dealkylation sites (tertiary alicyclic amines) is 1. The molecule has 0 bridgehead atoms. The predicted octanol–water partition coefficient (Wildman–Crippen LogP) is 0.889. The first kappa shape index (κ1) is 14.0. The van der Waals surface area contributed by atoms with Gasteiger partial charge >= 0.3 is 0 Å². The summed E-state index contributed by atoms with van der Waals surface area (Å²) in [6.07, 6.45) is 3.28. The van der Waals surface area contributed by atoms with Gasteiger partial charge in [0, 0.05) is 19.5 Å². The summed E-state index contributed by atoms with van der Waals surface area (Å²) in [5.74, 6) is 0.174. The number of nitrogens with zero attached hydrogens (tertiary/aromatic N) is 1. The highest BCUT2D eigenvalue weighted by Gasteiger charge is 2.17. The Labute approximate surface area is 113 Å². The highest BCUT2D eigenvalue weighted by Crippen LogP contribution is 2.13. The van der Waals surface area contributed by atoms with Gasteiger partial charge in [-0.3, -0.25) is 4.79 Å². The molecule has 1 aromatic carbocycles. The van der Waals surface area contributed by atoms with Crippen LogP contribution in [-0.4, -0.2) is 32.3 Å². The lowest BCUT2D eigenvalue weighted by Crippen LogP contribution is -2.27. The van der Waals surface area contributed by atoms with Gasteiger partial charge in [-0.15, -0.1) is 0 Å². The quantitative estimate of drug-likeness (QED) is 0.890. The molecule has 1 aromatic rings. The first-order chi connectivity index (χ1) is 8.97. The number of hydrogen-bond donors (Lipinski definition) is 1. The Balaban J connectivity index is 1.91. The molecule has 0 radical (unpaired) electrons. The average Bonchev–Trinajstić information content (AvgIpc) is 2.89. The average molecular weight is 282 g/mol. The van der Waals surface area contributed by atoms with E-state index in [4.69, 9.17) is 5.14 Å². The van der Waals surface area contributed by atoms with Crippen molar-refractivity contribution in [3.05, 3.63) is 29.8 Å². The van der Waals surface area contributed by atoms with Crippen LogP contribution in [0.2, 0.25) is 0 Å². The summed E-state index contributed by atoms with van der Waals surface area (Å²) in [5.41, 5.74) is 0.944. The van der Waals surface area contributed by atoms with Crippen molar-refractivity contribution in [2.24, 2.45) is 5.14 Å². The van der Waals surface area contributed by atoms with Gasteiger partial charge in [0.1, 0.15) is 0 Å². The number of primary sulfonamides is 1. The van der Waals surface area contributed by atoms with Gasteiger partial charge in [0.2, 0.25) is 15.9 Å². The van der Waals surface area contributed by atoms with E-state index in [9.17, 15) is 13.2 Å². The van der Waals surface area contributed by atoms with Crippen molar-refractivity contribution >= 4 is 15.9 Å². The standard InChI is InChI=1S/C13H18N2O3S/c14-19(17,18)12-6-3-11(4-7-12)5-8-13(16)15-9-1-2-10-15/h3-4,6-7H,1-2,5,8-10H2,(H2,14,17,18). The number of benzene rings is 1. The second kappa shape index (κ2) is 5.71. The fourth-order valence-corrected chi connectivity index (χ4v) is 2.74. The van der Waals surface area contributed by atoms with E-state index in [1.54, 1.807) is 12.1 Å². The predicted molar refractivity (Wildman–Crippen MR) is 72.0 cm³/mol. The van der Waals surface area contributed by atoms with Crippen molar-refractivity contribution in [1.29, 1.82) is 0 Å². The molecule has 1 aliphatic rings. The number of nitrogens with two attached hydrogens (primary N) is 1. The van der Waals surface area contributed by atoms with Crippen LogP contribution < -0.4 is 5.14 Å². The van der Waals surface area contributed by atoms with Crippen molar-refractivity contribution in [3.63, 3.8) is 0 Å². The van der Waals surface area contributed by atoms with E-state index in [1.165, 1.54) is 12.1 Å². The number of carbonyl (C=O) groups is 1. The van der Waals surface area contributed by atoms with E-state index in [0.29, 0.717) is 12.8 Å². The van der Waals surface area contributed by atoms with E-state index in [-0.39, 0.29) is 10.8 Å². The molecular formula is C13H18N2O3S. The monoisotopic (exact) mass is 282 g/mol. The van der Waals surface area contributed by atoms with E-state index in [0.717, 1.165) is 31.5 Å². The molecule has 2 rings (SSSR count). The van der Waals surface area contributed by atoms with E-state index in [2.05, 4.69) is 0 Å². The third kappa shape index (κ3) is 3.78. The third-order valence-electron chi connectivity index (χ3n) is 3.34. The fourth-order valence-electron chi connectivity index (χ4n) is 2.22. The molecule has 1 aliphatic heterocycles. The summed E-state index contributed by atoms with van der Waals surface area (Å²) in [4.78, 5) is 13.8. The number of amides is 1. The Morgan fingerprint density at radius 3 is 2.26 bits per heavy atom. The molecule has 1 fully saturated rings. The van der Waals surface area contributed by atoms with Crippen LogP contribution in [0.25, 0.3) is 0 Å². The molecule has 0 spiro atoms. The number of rotatable bonds is 4. The molecule has 1 amide bonds. The van der Waals surface area contributed by atoms with Gasteiger partial charge in [-0.2, -0.15) is 0 Å². The summed E-state index contributed by atoms with van der Waals surface area (Å²) in [6, 6.07) is 6.37. The largest absolute Gasteiger partial charge is 0.343 e. The smallest absolute Gasteiger partial charge is 0.238 e. The van der Waals surface area contributed by atoms with Crippen molar-refractivity contribution in [1.82, 2.24) is 4.90 Å². The molecule has 19 heavy (non-hydrogen) atoms. The number of hydrogen-bond acceptors (Lipinski definition) is 3. The number of aryl methyl sites for hydroxylation is 1. The Morgan fingerprint density at radius 2 is 1.74 bits per heavy atom. The molecule has 0 unspecified atom stereocenters. The molecule has 5 nitrogen and oxygen atoms in total. The highest BCUT2D eigenvalue weighted by molar-refractivity contribution is 7.89. The van der Waals surface area contributed by atoms with Crippen LogP contribution in [0.4, 0.5) is 0 Å². The fraction of sp³-hybridized carbons (Fsp3) is 0.462. The van der Waals surface area contributed by atoms with Crippen LogP contribution in [-0.2, 0) is 21.2 Å². The first-order valence-corrected chi connectivity index (χ1v) is 7.91. The summed E-state index contributed by atoms with van der Waals surface area (Å²) < 4.78 is 22.2. The van der Waals surface area contributed by atoms with E-state index in [1.807, 2.05) is 4.90 Å². The summed E-state index contributed by atoms with van der Waals surface area (Å²) in [5, 5.41) is 5.02. The maximum atomic E-state index is 11.9. The molecule has 0 atom stereocenters. The Morgan fingerprint density at radius 1 is 1.16 bits per heavy atom. The van der Waals surface area contributed by atoms with Crippen LogP contribution >= 0.6 is 0 Å². The maximum absolute atomic E-state index is 11.9. The van der Waals surface area contributed by atoms with E-state index < -0.39 is 10.0 Å². The number of sulfonamides is 1. The lowest BCUT2D eigenvalue weighted by Gasteiger charge is -2.14. The lowest BCUT2D eigenvalue weighted by molar-refractivity contribution is -0.130. The van der Waals surface area contributed by atoms with Crippen molar-refractivity contribution in [2.45, 2.75) is 30.6 Å². The first-order valence-electron chi connectivity index (χ1n) is 6.36. The molecule has 6 heteroatoms. The van der Waals surface area contributed by atoms with Gasteiger partial charge in [-0.25, -0.2) is 13.6 Å². The van der Waals surface area contributed by atoms with Crippen LogP contribution in [0.3, 0.4) is 0 Å². The van der Waals surface area contributed by atoms with E-state index >= 15 is 0 Å². The molecule has 1 heterocycles. The molecule has 0 aromatic heterocycles. The highest BCUT2D eigenvalue weighted by atomic mass is 32.2. The second-order valence-corrected chi connectivity index (χ2v) is 6.34. The maximum Gasteiger partial charge on any atom is 0.238 e. The zero-order valence-corrected chi connectivity index (χ0v) is 11.5. The lowest BCUT2D eigenvalue weighted by atomic mass is 10.1. The van der Waals surface area contributed by atoms with Gasteiger partial charge in [0.05, 0.1) is 4.90 Å².